The highest BCUT2D eigenvalue weighted by atomic mass is 79.9. The van der Waals surface area contributed by atoms with E-state index in [9.17, 15) is 14.4 Å². The highest BCUT2D eigenvalue weighted by Crippen LogP contribution is 2.57. The molecule has 1 atom stereocenters. The first kappa shape index (κ1) is 27.1. The Balaban J connectivity index is 1.05. The van der Waals surface area contributed by atoms with E-state index in [4.69, 9.17) is 9.72 Å². The number of halogens is 1. The zero-order chi connectivity index (χ0) is 27.1. The summed E-state index contributed by atoms with van der Waals surface area (Å²) >= 11 is 3.47. The third kappa shape index (κ3) is 5.34. The van der Waals surface area contributed by atoms with Crippen LogP contribution < -0.4 is 10.9 Å². The van der Waals surface area contributed by atoms with Crippen LogP contribution in [-0.4, -0.2) is 58.6 Å². The van der Waals surface area contributed by atoms with E-state index in [1.54, 1.807) is 6.07 Å². The van der Waals surface area contributed by atoms with Gasteiger partial charge in [-0.15, -0.1) is 0 Å². The van der Waals surface area contributed by atoms with Crippen LogP contribution in [0.15, 0.2) is 27.5 Å². The maximum Gasteiger partial charge on any atom is 0.263 e. The molecule has 4 aliphatic carbocycles. The second kappa shape index (κ2) is 11.1. The van der Waals surface area contributed by atoms with Gasteiger partial charge in [0.05, 0.1) is 10.9 Å². The van der Waals surface area contributed by atoms with Gasteiger partial charge in [0.25, 0.3) is 5.56 Å². The van der Waals surface area contributed by atoms with Crippen LogP contribution in [0.25, 0.3) is 10.9 Å². The molecule has 0 radical (unpaired) electrons. The van der Waals surface area contributed by atoms with E-state index in [1.165, 1.54) is 43.1 Å². The number of carbonyl (C=O) groups is 2. The number of hydrogen-bond donors (Lipinski definition) is 1. The Labute approximate surface area is 238 Å². The monoisotopic (exact) mass is 598 g/mol. The van der Waals surface area contributed by atoms with Crippen molar-refractivity contribution in [2.24, 2.45) is 17.8 Å². The zero-order valence-corrected chi connectivity index (χ0v) is 24.4. The van der Waals surface area contributed by atoms with Gasteiger partial charge in [-0.05, 0) is 111 Å². The number of piperidine rings is 1. The van der Waals surface area contributed by atoms with Gasteiger partial charge in [-0.2, -0.15) is 0 Å². The number of nitrogens with zero attached hydrogens (tertiary/aromatic N) is 3. The van der Waals surface area contributed by atoms with Crippen molar-refractivity contribution in [1.82, 2.24) is 19.8 Å². The Morgan fingerprint density at radius 1 is 1.08 bits per heavy atom. The fraction of sp³-hybridized carbons (Fsp3) is 0.667. The molecule has 2 amide bonds. The van der Waals surface area contributed by atoms with Crippen LogP contribution >= 0.6 is 15.9 Å². The second-order valence-corrected chi connectivity index (χ2v) is 13.3. The van der Waals surface area contributed by atoms with Crippen LogP contribution in [0.2, 0.25) is 0 Å². The molecule has 4 saturated carbocycles. The number of hydrogen-bond acceptors (Lipinski definition) is 6. The topological polar surface area (TPSA) is 93.5 Å². The number of imide groups is 1. The SMILES string of the molecule is CN(CCCOCCCc1nc2cccc(Br)c2c(=O)n1C1CCC(=O)NC1=O)C12CC3CC(CC(C3)C1)C2. The van der Waals surface area contributed by atoms with Gasteiger partial charge in [-0.25, -0.2) is 4.98 Å². The van der Waals surface area contributed by atoms with Crippen molar-refractivity contribution in [3.63, 3.8) is 0 Å². The Kier molecular flexibility index (Phi) is 7.68. The van der Waals surface area contributed by atoms with E-state index in [1.807, 2.05) is 12.1 Å². The minimum atomic E-state index is -0.741. The number of ether oxygens (including phenoxy) is 1. The average molecular weight is 600 g/mol. The molecular formula is C30H39BrN4O4. The van der Waals surface area contributed by atoms with Gasteiger partial charge in [0, 0.05) is 42.6 Å². The molecule has 1 aromatic carbocycles. The minimum absolute atomic E-state index is 0.205. The smallest absolute Gasteiger partial charge is 0.263 e. The number of carbonyl (C=O) groups excluding carboxylic acids is 2. The van der Waals surface area contributed by atoms with E-state index in [0.717, 1.165) is 37.3 Å². The van der Waals surface area contributed by atoms with Crippen LogP contribution in [0.5, 0.6) is 0 Å². The van der Waals surface area contributed by atoms with Crippen molar-refractivity contribution in [1.29, 1.82) is 0 Å². The first-order valence-corrected chi connectivity index (χ1v) is 15.4. The van der Waals surface area contributed by atoms with E-state index in [0.29, 0.717) is 52.6 Å². The van der Waals surface area contributed by atoms with E-state index in [-0.39, 0.29) is 17.9 Å². The third-order valence-corrected chi connectivity index (χ3v) is 10.4. The number of nitrogens with one attached hydrogen (secondary N) is 1. The van der Waals surface area contributed by atoms with Gasteiger partial charge in [0.1, 0.15) is 11.9 Å². The lowest BCUT2D eigenvalue weighted by Gasteiger charge is -2.60. The summed E-state index contributed by atoms with van der Waals surface area (Å²) in [5, 5.41) is 2.83. The molecule has 1 aromatic heterocycles. The quantitative estimate of drug-likeness (QED) is 0.322. The molecule has 1 saturated heterocycles. The first-order valence-electron chi connectivity index (χ1n) is 14.7. The normalized spacial score (nSPS) is 29.9. The van der Waals surface area contributed by atoms with Crippen LogP contribution in [0, 0.1) is 17.8 Å². The lowest BCUT2D eigenvalue weighted by molar-refractivity contribution is -0.135. The Bertz CT molecular complexity index is 1290. The summed E-state index contributed by atoms with van der Waals surface area (Å²) in [5.41, 5.74) is 0.776. The van der Waals surface area contributed by atoms with E-state index in [2.05, 4.69) is 33.2 Å². The molecule has 39 heavy (non-hydrogen) atoms. The summed E-state index contributed by atoms with van der Waals surface area (Å²) in [6.45, 7) is 2.36. The largest absolute Gasteiger partial charge is 0.381 e. The maximum atomic E-state index is 13.6. The molecule has 1 N–H and O–H groups in total. The molecule has 4 bridgehead atoms. The highest BCUT2D eigenvalue weighted by molar-refractivity contribution is 9.10. The Morgan fingerprint density at radius 2 is 1.77 bits per heavy atom. The van der Waals surface area contributed by atoms with Crippen molar-refractivity contribution in [3.8, 4) is 0 Å². The van der Waals surface area contributed by atoms with Gasteiger partial charge in [-0.3, -0.25) is 24.3 Å². The number of fused-ring (bicyclic) bond motifs is 1. The Hall–Kier alpha value is -2.10. The molecular weight excluding hydrogens is 560 g/mol. The Morgan fingerprint density at radius 3 is 2.46 bits per heavy atom. The summed E-state index contributed by atoms with van der Waals surface area (Å²) in [4.78, 5) is 45.4. The molecule has 5 fully saturated rings. The zero-order valence-electron chi connectivity index (χ0n) is 22.8. The molecule has 1 aliphatic heterocycles. The van der Waals surface area contributed by atoms with Crippen molar-refractivity contribution in [2.75, 3.05) is 26.8 Å². The second-order valence-electron chi connectivity index (χ2n) is 12.4. The fourth-order valence-corrected chi connectivity index (χ4v) is 8.81. The molecule has 9 heteroatoms. The van der Waals surface area contributed by atoms with Crippen molar-refractivity contribution >= 4 is 38.6 Å². The molecule has 2 heterocycles. The van der Waals surface area contributed by atoms with Gasteiger partial charge in [0.15, 0.2) is 0 Å². The molecule has 8 nitrogen and oxygen atoms in total. The maximum absolute atomic E-state index is 13.6. The lowest BCUT2D eigenvalue weighted by atomic mass is 9.52. The van der Waals surface area contributed by atoms with Crippen LogP contribution in [0.3, 0.4) is 0 Å². The summed E-state index contributed by atoms with van der Waals surface area (Å²) < 4.78 is 8.15. The summed E-state index contributed by atoms with van der Waals surface area (Å²) in [6.07, 6.45) is 11.3. The minimum Gasteiger partial charge on any atom is -0.381 e. The van der Waals surface area contributed by atoms with Crippen molar-refractivity contribution in [2.45, 2.75) is 82.2 Å². The molecule has 0 spiro atoms. The van der Waals surface area contributed by atoms with Crippen LogP contribution in [0.1, 0.15) is 76.1 Å². The van der Waals surface area contributed by atoms with Gasteiger partial charge < -0.3 is 9.64 Å². The number of amides is 2. The van der Waals surface area contributed by atoms with E-state index >= 15 is 0 Å². The van der Waals surface area contributed by atoms with Crippen LogP contribution in [-0.2, 0) is 20.7 Å². The molecule has 2 aromatic rings. The fourth-order valence-electron chi connectivity index (χ4n) is 8.28. The van der Waals surface area contributed by atoms with Crippen LogP contribution in [0.4, 0.5) is 0 Å². The summed E-state index contributed by atoms with van der Waals surface area (Å²) in [6, 6.07) is 4.73. The number of aromatic nitrogens is 2. The molecule has 7 rings (SSSR count). The predicted molar refractivity (Wildman–Crippen MR) is 152 cm³/mol. The molecule has 1 unspecified atom stereocenters. The van der Waals surface area contributed by atoms with E-state index < -0.39 is 11.9 Å². The predicted octanol–water partition coefficient (Wildman–Crippen LogP) is 4.38. The van der Waals surface area contributed by atoms with Crippen molar-refractivity contribution < 1.29 is 14.3 Å². The first-order chi connectivity index (χ1) is 18.8. The summed E-state index contributed by atoms with van der Waals surface area (Å²) in [5.74, 6) is 2.68. The highest BCUT2D eigenvalue weighted by Gasteiger charge is 2.52. The standard InChI is InChI=1S/C30H39BrN4O4/c1-34(30-16-19-13-20(17-30)15-21(14-19)18-30)10-4-12-39-11-3-7-25-32-23-6-2-5-22(31)27(23)29(38)35(25)24-8-9-26(36)33-28(24)37/h2,5-6,19-21,24H,3-4,7-18H2,1H3,(H,33,36,37). The summed E-state index contributed by atoms with van der Waals surface area (Å²) in [7, 11) is 2.32. The molecule has 5 aliphatic rings. The molecule has 210 valence electrons. The average Bonchev–Trinajstić information content (AvgIpc) is 2.88. The van der Waals surface area contributed by atoms with Crippen molar-refractivity contribution in [3.05, 3.63) is 38.9 Å². The lowest BCUT2D eigenvalue weighted by Crippen LogP contribution is -2.59. The number of aryl methyl sites for hydroxylation is 1. The van der Waals surface area contributed by atoms with Gasteiger partial charge >= 0.3 is 0 Å². The third-order valence-electron chi connectivity index (χ3n) is 9.76. The number of benzene rings is 1. The van der Waals surface area contributed by atoms with Gasteiger partial charge in [-0.1, -0.05) is 6.07 Å². The number of rotatable bonds is 10. The van der Waals surface area contributed by atoms with Gasteiger partial charge in [0.2, 0.25) is 11.8 Å².